The summed E-state index contributed by atoms with van der Waals surface area (Å²) < 4.78 is 0. The molecule has 1 heterocycles. The zero-order valence-corrected chi connectivity index (χ0v) is 15.5. The summed E-state index contributed by atoms with van der Waals surface area (Å²) in [7, 11) is 0. The molecule has 0 aliphatic carbocycles. The van der Waals surface area contributed by atoms with Crippen molar-refractivity contribution in [2.24, 2.45) is 0 Å². The molecular formula is C22H24N2O3. The third-order valence-corrected chi connectivity index (χ3v) is 4.78. The van der Waals surface area contributed by atoms with Gasteiger partial charge < -0.3 is 5.32 Å². The smallest absolute Gasteiger partial charge is 0.261 e. The number of hydrogen-bond acceptors (Lipinski definition) is 3. The maximum atomic E-state index is 12.4. The van der Waals surface area contributed by atoms with Gasteiger partial charge in [-0.1, -0.05) is 55.8 Å². The van der Waals surface area contributed by atoms with Crippen molar-refractivity contribution in [1.29, 1.82) is 0 Å². The van der Waals surface area contributed by atoms with Crippen LogP contribution in [0.2, 0.25) is 0 Å². The first-order valence-electron chi connectivity index (χ1n) is 9.41. The Morgan fingerprint density at radius 1 is 0.963 bits per heavy atom. The van der Waals surface area contributed by atoms with Gasteiger partial charge >= 0.3 is 0 Å². The molecule has 0 saturated carbocycles. The lowest BCUT2D eigenvalue weighted by Gasteiger charge is -2.19. The number of imide groups is 1. The minimum absolute atomic E-state index is 0.0111. The minimum atomic E-state index is -0.274. The standard InChI is InChI=1S/C22H24N2O3/c1-2-9-19(16-10-4-3-5-11-16)23-20(25)14-8-15-24-21(26)17-12-6-7-13-18(17)22(24)27/h3-7,10-13,19H,2,8-9,14-15H2,1H3,(H,23,25). The van der Waals surface area contributed by atoms with Gasteiger partial charge in [-0.2, -0.15) is 0 Å². The lowest BCUT2D eigenvalue weighted by molar-refractivity contribution is -0.122. The molecule has 3 amide bonds. The third-order valence-electron chi connectivity index (χ3n) is 4.78. The number of carbonyl (C=O) groups excluding carboxylic acids is 3. The van der Waals surface area contributed by atoms with Crippen LogP contribution in [0.5, 0.6) is 0 Å². The number of rotatable bonds is 8. The largest absolute Gasteiger partial charge is 0.349 e. The highest BCUT2D eigenvalue weighted by atomic mass is 16.2. The van der Waals surface area contributed by atoms with E-state index >= 15 is 0 Å². The van der Waals surface area contributed by atoms with Crippen molar-refractivity contribution in [3.8, 4) is 0 Å². The lowest BCUT2D eigenvalue weighted by Crippen LogP contribution is -2.33. The van der Waals surface area contributed by atoms with E-state index < -0.39 is 0 Å². The van der Waals surface area contributed by atoms with E-state index in [0.717, 1.165) is 18.4 Å². The van der Waals surface area contributed by atoms with Crippen molar-refractivity contribution in [1.82, 2.24) is 10.2 Å². The summed E-state index contributed by atoms with van der Waals surface area (Å²) in [5.41, 5.74) is 1.98. The molecule has 1 N–H and O–H groups in total. The van der Waals surface area contributed by atoms with E-state index in [1.807, 2.05) is 30.3 Å². The Morgan fingerprint density at radius 2 is 1.56 bits per heavy atom. The Balaban J connectivity index is 1.52. The zero-order valence-electron chi connectivity index (χ0n) is 15.5. The highest BCUT2D eigenvalue weighted by molar-refractivity contribution is 6.21. The number of carbonyl (C=O) groups is 3. The Bertz CT molecular complexity index is 797. The summed E-state index contributed by atoms with van der Waals surface area (Å²) in [6, 6.07) is 16.7. The van der Waals surface area contributed by atoms with Crippen LogP contribution < -0.4 is 5.32 Å². The van der Waals surface area contributed by atoms with Gasteiger partial charge in [-0.15, -0.1) is 0 Å². The van der Waals surface area contributed by atoms with E-state index in [1.54, 1.807) is 24.3 Å². The first kappa shape index (κ1) is 18.8. The van der Waals surface area contributed by atoms with Crippen molar-refractivity contribution in [2.45, 2.75) is 38.6 Å². The van der Waals surface area contributed by atoms with Gasteiger partial charge in [0, 0.05) is 13.0 Å². The molecule has 1 aliphatic rings. The molecule has 1 aliphatic heterocycles. The molecule has 5 heteroatoms. The quantitative estimate of drug-likeness (QED) is 0.726. The van der Waals surface area contributed by atoms with E-state index in [0.29, 0.717) is 17.5 Å². The number of nitrogens with one attached hydrogen (secondary N) is 1. The highest BCUT2D eigenvalue weighted by Crippen LogP contribution is 2.23. The van der Waals surface area contributed by atoms with Crippen LogP contribution in [-0.4, -0.2) is 29.2 Å². The molecule has 1 atom stereocenters. The fourth-order valence-electron chi connectivity index (χ4n) is 3.40. The van der Waals surface area contributed by atoms with Crippen LogP contribution in [0, 0.1) is 0 Å². The van der Waals surface area contributed by atoms with Crippen LogP contribution >= 0.6 is 0 Å². The van der Waals surface area contributed by atoms with Crippen LogP contribution in [0.25, 0.3) is 0 Å². The summed E-state index contributed by atoms with van der Waals surface area (Å²) in [5.74, 6) is -0.609. The minimum Gasteiger partial charge on any atom is -0.349 e. The second-order valence-electron chi connectivity index (χ2n) is 6.73. The predicted octanol–water partition coefficient (Wildman–Crippen LogP) is 3.72. The van der Waals surface area contributed by atoms with Crippen molar-refractivity contribution in [2.75, 3.05) is 6.54 Å². The molecule has 2 aromatic carbocycles. The topological polar surface area (TPSA) is 66.5 Å². The first-order valence-corrected chi connectivity index (χ1v) is 9.41. The molecule has 27 heavy (non-hydrogen) atoms. The normalized spacial score (nSPS) is 14.2. The third kappa shape index (κ3) is 4.25. The molecule has 2 aromatic rings. The molecule has 5 nitrogen and oxygen atoms in total. The molecule has 1 unspecified atom stereocenters. The molecule has 3 rings (SSSR count). The fourth-order valence-corrected chi connectivity index (χ4v) is 3.40. The Hall–Kier alpha value is -2.95. The Labute approximate surface area is 159 Å². The lowest BCUT2D eigenvalue weighted by atomic mass is 10.0. The molecular weight excluding hydrogens is 340 g/mol. The van der Waals surface area contributed by atoms with Gasteiger partial charge in [0.2, 0.25) is 5.91 Å². The zero-order chi connectivity index (χ0) is 19.2. The van der Waals surface area contributed by atoms with E-state index in [4.69, 9.17) is 0 Å². The van der Waals surface area contributed by atoms with E-state index in [1.165, 1.54) is 4.90 Å². The molecule has 0 spiro atoms. The summed E-state index contributed by atoms with van der Waals surface area (Å²) >= 11 is 0. The van der Waals surface area contributed by atoms with Crippen molar-refractivity contribution in [3.63, 3.8) is 0 Å². The summed E-state index contributed by atoms with van der Waals surface area (Å²) in [6.45, 7) is 2.34. The maximum absolute atomic E-state index is 12.4. The Kier molecular flexibility index (Phi) is 6.01. The monoisotopic (exact) mass is 364 g/mol. The number of hydrogen-bond donors (Lipinski definition) is 1. The van der Waals surface area contributed by atoms with E-state index in [9.17, 15) is 14.4 Å². The first-order chi connectivity index (χ1) is 13.1. The van der Waals surface area contributed by atoms with Gasteiger partial charge in [-0.05, 0) is 30.5 Å². The highest BCUT2D eigenvalue weighted by Gasteiger charge is 2.34. The van der Waals surface area contributed by atoms with Crippen molar-refractivity contribution < 1.29 is 14.4 Å². The van der Waals surface area contributed by atoms with E-state index in [-0.39, 0.29) is 36.7 Å². The maximum Gasteiger partial charge on any atom is 0.261 e. The summed E-state index contributed by atoms with van der Waals surface area (Å²) in [4.78, 5) is 38.3. The number of benzene rings is 2. The van der Waals surface area contributed by atoms with Crippen molar-refractivity contribution >= 4 is 17.7 Å². The molecule has 0 radical (unpaired) electrons. The second-order valence-corrected chi connectivity index (χ2v) is 6.73. The van der Waals surface area contributed by atoms with Gasteiger partial charge in [0.25, 0.3) is 11.8 Å². The molecule has 0 bridgehead atoms. The van der Waals surface area contributed by atoms with Crippen LogP contribution in [-0.2, 0) is 4.79 Å². The molecule has 0 aromatic heterocycles. The number of nitrogens with zero attached hydrogens (tertiary/aromatic N) is 1. The molecule has 0 fully saturated rings. The average molecular weight is 364 g/mol. The number of fused-ring (bicyclic) bond motifs is 1. The second kappa shape index (κ2) is 8.62. The van der Waals surface area contributed by atoms with Gasteiger partial charge in [-0.3, -0.25) is 19.3 Å². The van der Waals surface area contributed by atoms with Gasteiger partial charge in [0.05, 0.1) is 17.2 Å². The van der Waals surface area contributed by atoms with Crippen LogP contribution in [0.1, 0.15) is 64.9 Å². The molecule has 0 saturated heterocycles. The van der Waals surface area contributed by atoms with Gasteiger partial charge in [-0.25, -0.2) is 0 Å². The summed E-state index contributed by atoms with van der Waals surface area (Å²) in [6.07, 6.45) is 2.56. The van der Waals surface area contributed by atoms with Gasteiger partial charge in [0.15, 0.2) is 0 Å². The number of amides is 3. The Morgan fingerprint density at radius 3 is 2.15 bits per heavy atom. The predicted molar refractivity (Wildman–Crippen MR) is 103 cm³/mol. The van der Waals surface area contributed by atoms with Gasteiger partial charge in [0.1, 0.15) is 0 Å². The van der Waals surface area contributed by atoms with Crippen LogP contribution in [0.4, 0.5) is 0 Å². The van der Waals surface area contributed by atoms with Crippen LogP contribution in [0.3, 0.4) is 0 Å². The van der Waals surface area contributed by atoms with Crippen molar-refractivity contribution in [3.05, 3.63) is 71.3 Å². The SMILES string of the molecule is CCCC(NC(=O)CCCN1C(=O)c2ccccc2C1=O)c1ccccc1. The molecule has 140 valence electrons. The van der Waals surface area contributed by atoms with E-state index in [2.05, 4.69) is 12.2 Å². The van der Waals surface area contributed by atoms with Crippen LogP contribution in [0.15, 0.2) is 54.6 Å². The average Bonchev–Trinajstić information content (AvgIpc) is 2.93. The summed E-state index contributed by atoms with van der Waals surface area (Å²) in [5, 5.41) is 3.07. The fraction of sp³-hybridized carbons (Fsp3) is 0.318.